The van der Waals surface area contributed by atoms with Crippen LogP contribution in [0.2, 0.25) is 0 Å². The maximum atomic E-state index is 13.2. The largest absolute Gasteiger partial charge is 0.497 e. The second-order valence-corrected chi connectivity index (χ2v) is 8.97. The summed E-state index contributed by atoms with van der Waals surface area (Å²) in [6, 6.07) is 10.3. The van der Waals surface area contributed by atoms with Gasteiger partial charge in [0.05, 0.1) is 19.9 Å². The molecular weight excluding hydrogens is 420 g/mol. The van der Waals surface area contributed by atoms with Gasteiger partial charge in [0.2, 0.25) is 10.0 Å². The smallest absolute Gasteiger partial charge is 0.246 e. The monoisotopic (exact) mass is 444 g/mol. The highest BCUT2D eigenvalue weighted by atomic mass is 32.2. The molecular formula is C20H24N6O4S. The maximum absolute atomic E-state index is 13.2. The van der Waals surface area contributed by atoms with Gasteiger partial charge in [-0.15, -0.1) is 10.2 Å². The zero-order valence-corrected chi connectivity index (χ0v) is 18.4. The van der Waals surface area contributed by atoms with Crippen molar-refractivity contribution in [2.24, 2.45) is 0 Å². The van der Waals surface area contributed by atoms with Crippen LogP contribution in [-0.4, -0.2) is 73.1 Å². The predicted molar refractivity (Wildman–Crippen MR) is 114 cm³/mol. The zero-order chi connectivity index (χ0) is 22.0. The molecule has 2 aromatic heterocycles. The van der Waals surface area contributed by atoms with Gasteiger partial charge in [-0.3, -0.25) is 0 Å². The van der Waals surface area contributed by atoms with E-state index in [9.17, 15) is 8.42 Å². The first-order chi connectivity index (χ1) is 14.9. The summed E-state index contributed by atoms with van der Waals surface area (Å²) in [5.74, 6) is 2.13. The lowest BCUT2D eigenvalue weighted by atomic mass is 10.3. The number of nitrogens with zero attached hydrogens (tertiary/aromatic N) is 6. The van der Waals surface area contributed by atoms with Crippen LogP contribution in [0, 0.1) is 6.92 Å². The molecule has 0 unspecified atom stereocenters. The molecule has 1 saturated heterocycles. The summed E-state index contributed by atoms with van der Waals surface area (Å²) >= 11 is 0. The molecule has 1 fully saturated rings. The zero-order valence-electron chi connectivity index (χ0n) is 17.6. The van der Waals surface area contributed by atoms with Gasteiger partial charge in [0.25, 0.3) is 0 Å². The van der Waals surface area contributed by atoms with E-state index in [1.165, 1.54) is 24.6 Å². The minimum absolute atomic E-state index is 0.128. The van der Waals surface area contributed by atoms with Crippen molar-refractivity contribution in [1.82, 2.24) is 24.3 Å². The topological polar surface area (TPSA) is 103 Å². The molecule has 4 rings (SSSR count). The van der Waals surface area contributed by atoms with Gasteiger partial charge in [-0.1, -0.05) is 0 Å². The van der Waals surface area contributed by atoms with Crippen molar-refractivity contribution < 1.29 is 17.9 Å². The van der Waals surface area contributed by atoms with Gasteiger partial charge in [-0.05, 0) is 37.3 Å². The van der Waals surface area contributed by atoms with E-state index in [1.54, 1.807) is 16.8 Å². The predicted octanol–water partition coefficient (Wildman–Crippen LogP) is 1.50. The first-order valence-electron chi connectivity index (χ1n) is 9.76. The van der Waals surface area contributed by atoms with Crippen molar-refractivity contribution in [3.63, 3.8) is 0 Å². The molecule has 0 N–H and O–H groups in total. The standard InChI is InChI=1S/C20H24N6O4S/c1-15-8-9-26(23-15)20-7-6-19(21-22-20)24-10-12-25(13-11-24)31(27,28)18-5-4-16(29-2)14-17(18)30-3/h4-9,14H,10-13H2,1-3H3. The van der Waals surface area contributed by atoms with Gasteiger partial charge in [-0.25, -0.2) is 13.1 Å². The number of aromatic nitrogens is 4. The van der Waals surface area contributed by atoms with Gasteiger partial charge in [0.1, 0.15) is 16.4 Å². The highest BCUT2D eigenvalue weighted by Gasteiger charge is 2.31. The number of sulfonamides is 1. The summed E-state index contributed by atoms with van der Waals surface area (Å²) in [5.41, 5.74) is 0.900. The molecule has 3 heterocycles. The first kappa shape index (κ1) is 21.1. The molecule has 0 amide bonds. The molecule has 0 spiro atoms. The van der Waals surface area contributed by atoms with E-state index in [-0.39, 0.29) is 10.6 Å². The van der Waals surface area contributed by atoms with Crippen LogP contribution in [0.25, 0.3) is 5.82 Å². The third kappa shape index (κ3) is 4.19. The third-order valence-electron chi connectivity index (χ3n) is 5.14. The molecule has 10 nitrogen and oxygen atoms in total. The molecule has 0 atom stereocenters. The van der Waals surface area contributed by atoms with E-state index < -0.39 is 10.0 Å². The molecule has 1 aliphatic heterocycles. The lowest BCUT2D eigenvalue weighted by molar-refractivity contribution is 0.369. The molecule has 0 radical (unpaired) electrons. The minimum atomic E-state index is -3.70. The summed E-state index contributed by atoms with van der Waals surface area (Å²) < 4.78 is 39.9. The Morgan fingerprint density at radius 3 is 2.19 bits per heavy atom. The number of ether oxygens (including phenoxy) is 2. The van der Waals surface area contributed by atoms with E-state index in [4.69, 9.17) is 9.47 Å². The lowest BCUT2D eigenvalue weighted by Gasteiger charge is -2.34. The number of benzene rings is 1. The Labute approximate surface area is 181 Å². The Morgan fingerprint density at radius 2 is 1.61 bits per heavy atom. The van der Waals surface area contributed by atoms with Gasteiger partial charge in [0, 0.05) is 38.4 Å². The van der Waals surface area contributed by atoms with Crippen LogP contribution in [0.1, 0.15) is 5.69 Å². The third-order valence-corrected chi connectivity index (χ3v) is 7.08. The Hall–Kier alpha value is -3.18. The van der Waals surface area contributed by atoms with Gasteiger partial charge >= 0.3 is 0 Å². The number of rotatable bonds is 6. The van der Waals surface area contributed by atoms with Crippen LogP contribution in [0.15, 0.2) is 47.5 Å². The van der Waals surface area contributed by atoms with Crippen LogP contribution < -0.4 is 14.4 Å². The van der Waals surface area contributed by atoms with E-state index in [0.29, 0.717) is 43.6 Å². The first-order valence-corrected chi connectivity index (χ1v) is 11.2. The van der Waals surface area contributed by atoms with Crippen LogP contribution in [0.3, 0.4) is 0 Å². The van der Waals surface area contributed by atoms with E-state index in [1.807, 2.05) is 36.2 Å². The minimum Gasteiger partial charge on any atom is -0.497 e. The average molecular weight is 445 g/mol. The number of methoxy groups -OCH3 is 2. The Bertz CT molecular complexity index is 1150. The number of hydrogen-bond acceptors (Lipinski definition) is 8. The summed E-state index contributed by atoms with van der Waals surface area (Å²) in [6.45, 7) is 3.59. The molecule has 0 saturated carbocycles. The highest BCUT2D eigenvalue weighted by molar-refractivity contribution is 7.89. The molecule has 1 aromatic carbocycles. The summed E-state index contributed by atoms with van der Waals surface area (Å²) in [6.07, 6.45) is 1.83. The van der Waals surface area contributed by atoms with Crippen molar-refractivity contribution in [2.45, 2.75) is 11.8 Å². The van der Waals surface area contributed by atoms with Crippen molar-refractivity contribution in [3.8, 4) is 17.3 Å². The fourth-order valence-corrected chi connectivity index (χ4v) is 5.00. The molecule has 164 valence electrons. The number of piperazine rings is 1. The Balaban J connectivity index is 1.46. The maximum Gasteiger partial charge on any atom is 0.246 e. The summed E-state index contributed by atoms with van der Waals surface area (Å²) in [5, 5.41) is 12.9. The van der Waals surface area contributed by atoms with Crippen LogP contribution >= 0.6 is 0 Å². The number of aryl methyl sites for hydroxylation is 1. The molecule has 0 aliphatic carbocycles. The van der Waals surface area contributed by atoms with Crippen LogP contribution in [0.5, 0.6) is 11.5 Å². The average Bonchev–Trinajstić information content (AvgIpc) is 3.25. The number of anilines is 1. The van der Waals surface area contributed by atoms with Crippen LogP contribution in [-0.2, 0) is 10.0 Å². The van der Waals surface area contributed by atoms with E-state index in [0.717, 1.165) is 5.69 Å². The van der Waals surface area contributed by atoms with Crippen molar-refractivity contribution in [1.29, 1.82) is 0 Å². The normalized spacial score (nSPS) is 15.1. The van der Waals surface area contributed by atoms with Crippen molar-refractivity contribution in [3.05, 3.63) is 48.3 Å². The van der Waals surface area contributed by atoms with Crippen molar-refractivity contribution >= 4 is 15.8 Å². The van der Waals surface area contributed by atoms with Gasteiger partial charge < -0.3 is 14.4 Å². The molecule has 11 heteroatoms. The molecule has 1 aliphatic rings. The Morgan fingerprint density at radius 1 is 0.903 bits per heavy atom. The second kappa shape index (κ2) is 8.52. The van der Waals surface area contributed by atoms with Gasteiger partial charge in [-0.2, -0.15) is 9.40 Å². The van der Waals surface area contributed by atoms with E-state index >= 15 is 0 Å². The molecule has 3 aromatic rings. The van der Waals surface area contributed by atoms with E-state index in [2.05, 4.69) is 15.3 Å². The van der Waals surface area contributed by atoms with Crippen LogP contribution in [0.4, 0.5) is 5.82 Å². The quantitative estimate of drug-likeness (QED) is 0.564. The molecule has 0 bridgehead atoms. The van der Waals surface area contributed by atoms with Gasteiger partial charge in [0.15, 0.2) is 11.6 Å². The lowest BCUT2D eigenvalue weighted by Crippen LogP contribution is -2.49. The highest BCUT2D eigenvalue weighted by Crippen LogP contribution is 2.31. The fraction of sp³-hybridized carbons (Fsp3) is 0.350. The summed E-state index contributed by atoms with van der Waals surface area (Å²) in [7, 11) is -0.733. The second-order valence-electron chi connectivity index (χ2n) is 7.06. The fourth-order valence-electron chi connectivity index (χ4n) is 3.44. The Kier molecular flexibility index (Phi) is 5.79. The SMILES string of the molecule is COc1ccc(S(=O)(=O)N2CCN(c3ccc(-n4ccc(C)n4)nn3)CC2)c(OC)c1. The molecule has 31 heavy (non-hydrogen) atoms. The van der Waals surface area contributed by atoms with Crippen molar-refractivity contribution in [2.75, 3.05) is 45.3 Å². The number of hydrogen-bond donors (Lipinski definition) is 0. The summed E-state index contributed by atoms with van der Waals surface area (Å²) in [4.78, 5) is 2.14.